The summed E-state index contributed by atoms with van der Waals surface area (Å²) < 4.78 is 35.8. The summed E-state index contributed by atoms with van der Waals surface area (Å²) in [6, 6.07) is 5.84. The topological polar surface area (TPSA) is 37.4 Å². The molecule has 0 radical (unpaired) electrons. The standard InChI is InChI=1S/C12H12F3NO2/c1-16(8-17)10-4-2-9(3-5-10)11(18)6-7-12(13,14)15/h2-5,8H,6-7H2,1H3. The fraction of sp³-hybridized carbons (Fsp3) is 0.333. The van der Waals surface area contributed by atoms with Crippen LogP contribution in [0.15, 0.2) is 24.3 Å². The molecule has 0 atom stereocenters. The molecular formula is C12H12F3NO2. The zero-order chi connectivity index (χ0) is 13.8. The van der Waals surface area contributed by atoms with Gasteiger partial charge in [0.15, 0.2) is 5.78 Å². The normalized spacial score (nSPS) is 11.1. The number of Topliss-reactive ketones (excluding diaryl/α,β-unsaturated/α-hetero) is 1. The number of anilines is 1. The van der Waals surface area contributed by atoms with E-state index in [1.165, 1.54) is 36.2 Å². The Hall–Kier alpha value is -1.85. The number of hydrogen-bond donors (Lipinski definition) is 0. The van der Waals surface area contributed by atoms with E-state index in [-0.39, 0.29) is 5.56 Å². The molecule has 0 saturated heterocycles. The first-order chi connectivity index (χ1) is 8.33. The highest BCUT2D eigenvalue weighted by atomic mass is 19.4. The summed E-state index contributed by atoms with van der Waals surface area (Å²) in [5.41, 5.74) is 0.777. The molecule has 0 aromatic heterocycles. The fourth-order valence-electron chi connectivity index (χ4n) is 1.34. The van der Waals surface area contributed by atoms with Crippen molar-refractivity contribution >= 4 is 17.9 Å². The van der Waals surface area contributed by atoms with Crippen LogP contribution in [-0.4, -0.2) is 25.4 Å². The van der Waals surface area contributed by atoms with E-state index in [0.29, 0.717) is 12.1 Å². The van der Waals surface area contributed by atoms with Gasteiger partial charge in [0, 0.05) is 24.7 Å². The van der Waals surface area contributed by atoms with Crippen molar-refractivity contribution in [2.45, 2.75) is 19.0 Å². The summed E-state index contributed by atoms with van der Waals surface area (Å²) in [6.45, 7) is 0. The predicted molar refractivity (Wildman–Crippen MR) is 60.5 cm³/mol. The molecule has 0 unspecified atom stereocenters. The van der Waals surface area contributed by atoms with Crippen molar-refractivity contribution in [3.8, 4) is 0 Å². The van der Waals surface area contributed by atoms with E-state index in [2.05, 4.69) is 0 Å². The van der Waals surface area contributed by atoms with E-state index in [0.717, 1.165) is 0 Å². The lowest BCUT2D eigenvalue weighted by molar-refractivity contribution is -0.133. The number of halogens is 3. The molecule has 1 amide bonds. The van der Waals surface area contributed by atoms with Crippen molar-refractivity contribution < 1.29 is 22.8 Å². The Kier molecular flexibility index (Phi) is 4.47. The Labute approximate surface area is 102 Å². The van der Waals surface area contributed by atoms with Crippen LogP contribution in [0.4, 0.5) is 18.9 Å². The molecule has 0 aliphatic heterocycles. The molecule has 6 heteroatoms. The molecule has 0 fully saturated rings. The molecule has 98 valence electrons. The second-order valence-corrected chi connectivity index (χ2v) is 3.80. The summed E-state index contributed by atoms with van der Waals surface area (Å²) >= 11 is 0. The molecule has 1 aromatic rings. The first-order valence-corrected chi connectivity index (χ1v) is 5.21. The molecule has 0 spiro atoms. The summed E-state index contributed by atoms with van der Waals surface area (Å²) in [5.74, 6) is -0.562. The number of carbonyl (C=O) groups is 2. The first-order valence-electron chi connectivity index (χ1n) is 5.21. The highest BCUT2D eigenvalue weighted by Crippen LogP contribution is 2.23. The van der Waals surface area contributed by atoms with Crippen LogP contribution in [-0.2, 0) is 4.79 Å². The van der Waals surface area contributed by atoms with Crippen molar-refractivity contribution in [3.63, 3.8) is 0 Å². The van der Waals surface area contributed by atoms with E-state index in [1.54, 1.807) is 0 Å². The van der Waals surface area contributed by atoms with Gasteiger partial charge in [-0.05, 0) is 24.3 Å². The highest BCUT2D eigenvalue weighted by molar-refractivity contribution is 5.96. The minimum absolute atomic E-state index is 0.210. The third-order valence-electron chi connectivity index (χ3n) is 2.39. The lowest BCUT2D eigenvalue weighted by Gasteiger charge is -2.11. The van der Waals surface area contributed by atoms with Crippen LogP contribution < -0.4 is 4.90 Å². The number of alkyl halides is 3. The van der Waals surface area contributed by atoms with Crippen LogP contribution in [0.5, 0.6) is 0 Å². The van der Waals surface area contributed by atoms with Crippen molar-refractivity contribution in [3.05, 3.63) is 29.8 Å². The number of amides is 1. The van der Waals surface area contributed by atoms with Gasteiger partial charge >= 0.3 is 6.18 Å². The Bertz CT molecular complexity index is 426. The number of rotatable bonds is 5. The summed E-state index contributed by atoms with van der Waals surface area (Å²) in [6.07, 6.45) is -5.41. The van der Waals surface area contributed by atoms with E-state index >= 15 is 0 Å². The number of hydrogen-bond acceptors (Lipinski definition) is 2. The molecule has 18 heavy (non-hydrogen) atoms. The van der Waals surface area contributed by atoms with Crippen LogP contribution >= 0.6 is 0 Å². The Balaban J connectivity index is 2.68. The fourth-order valence-corrected chi connectivity index (χ4v) is 1.34. The van der Waals surface area contributed by atoms with Gasteiger partial charge in [0.25, 0.3) is 0 Å². The molecule has 3 nitrogen and oxygen atoms in total. The van der Waals surface area contributed by atoms with Crippen molar-refractivity contribution in [1.29, 1.82) is 0 Å². The molecule has 0 bridgehead atoms. The van der Waals surface area contributed by atoms with Gasteiger partial charge in [-0.25, -0.2) is 0 Å². The third-order valence-corrected chi connectivity index (χ3v) is 2.39. The van der Waals surface area contributed by atoms with Crippen molar-refractivity contribution in [2.75, 3.05) is 11.9 Å². The van der Waals surface area contributed by atoms with Gasteiger partial charge in [-0.1, -0.05) is 0 Å². The quantitative estimate of drug-likeness (QED) is 0.602. The number of benzene rings is 1. The number of nitrogens with zero attached hydrogens (tertiary/aromatic N) is 1. The van der Waals surface area contributed by atoms with Gasteiger partial charge in [-0.3, -0.25) is 9.59 Å². The van der Waals surface area contributed by atoms with Crippen LogP contribution in [0.1, 0.15) is 23.2 Å². The van der Waals surface area contributed by atoms with Gasteiger partial charge in [0.1, 0.15) is 0 Å². The zero-order valence-corrected chi connectivity index (χ0v) is 9.70. The maximum atomic E-state index is 11.9. The first kappa shape index (κ1) is 14.2. The lowest BCUT2D eigenvalue weighted by atomic mass is 10.1. The van der Waals surface area contributed by atoms with E-state index in [9.17, 15) is 22.8 Å². The van der Waals surface area contributed by atoms with E-state index in [4.69, 9.17) is 0 Å². The summed E-state index contributed by atoms with van der Waals surface area (Å²) in [7, 11) is 1.54. The predicted octanol–water partition coefficient (Wildman–Crippen LogP) is 2.80. The summed E-state index contributed by atoms with van der Waals surface area (Å²) in [5, 5.41) is 0. The number of carbonyl (C=O) groups excluding carboxylic acids is 2. The van der Waals surface area contributed by atoms with Gasteiger partial charge in [-0.15, -0.1) is 0 Å². The Morgan fingerprint density at radius 3 is 2.28 bits per heavy atom. The smallest absolute Gasteiger partial charge is 0.318 e. The van der Waals surface area contributed by atoms with Crippen molar-refractivity contribution in [2.24, 2.45) is 0 Å². The maximum absolute atomic E-state index is 11.9. The molecule has 0 aliphatic carbocycles. The third kappa shape index (κ3) is 4.20. The molecule has 1 aromatic carbocycles. The molecule has 0 aliphatic rings. The average Bonchev–Trinajstić information content (AvgIpc) is 2.34. The van der Waals surface area contributed by atoms with Crippen LogP contribution in [0.2, 0.25) is 0 Å². The Morgan fingerprint density at radius 1 is 1.28 bits per heavy atom. The Morgan fingerprint density at radius 2 is 1.83 bits per heavy atom. The van der Waals surface area contributed by atoms with Crippen molar-refractivity contribution in [1.82, 2.24) is 0 Å². The molecule has 1 rings (SSSR count). The second-order valence-electron chi connectivity index (χ2n) is 3.80. The average molecular weight is 259 g/mol. The second kappa shape index (κ2) is 5.66. The van der Waals surface area contributed by atoms with Gasteiger partial charge in [0.05, 0.1) is 6.42 Å². The molecule has 0 saturated carbocycles. The molecular weight excluding hydrogens is 247 g/mol. The van der Waals surface area contributed by atoms with E-state index < -0.39 is 24.8 Å². The highest BCUT2D eigenvalue weighted by Gasteiger charge is 2.28. The monoisotopic (exact) mass is 259 g/mol. The lowest BCUT2D eigenvalue weighted by Crippen LogP contribution is -2.14. The maximum Gasteiger partial charge on any atom is 0.389 e. The van der Waals surface area contributed by atoms with Gasteiger partial charge in [0.2, 0.25) is 6.41 Å². The zero-order valence-electron chi connectivity index (χ0n) is 9.70. The SMILES string of the molecule is CN(C=O)c1ccc(C(=O)CCC(F)(F)F)cc1. The number of ketones is 1. The van der Waals surface area contributed by atoms with Crippen LogP contribution in [0.3, 0.4) is 0 Å². The van der Waals surface area contributed by atoms with Gasteiger partial charge < -0.3 is 4.90 Å². The van der Waals surface area contributed by atoms with Gasteiger partial charge in [-0.2, -0.15) is 13.2 Å². The minimum atomic E-state index is -4.33. The largest absolute Gasteiger partial charge is 0.389 e. The van der Waals surface area contributed by atoms with Crippen LogP contribution in [0, 0.1) is 0 Å². The molecule has 0 N–H and O–H groups in total. The van der Waals surface area contributed by atoms with E-state index in [1.807, 2.05) is 0 Å². The minimum Gasteiger partial charge on any atom is -0.318 e. The van der Waals surface area contributed by atoms with Crippen LogP contribution in [0.25, 0.3) is 0 Å². The molecule has 0 heterocycles. The summed E-state index contributed by atoms with van der Waals surface area (Å²) in [4.78, 5) is 23.2.